The number of hydrogen-bond acceptors (Lipinski definition) is 3. The molecule has 0 bridgehead atoms. The Bertz CT molecular complexity index is 957. The summed E-state index contributed by atoms with van der Waals surface area (Å²) < 4.78 is 54.9. The lowest BCUT2D eigenvalue weighted by Gasteiger charge is -2.19. The van der Waals surface area contributed by atoms with Crippen molar-refractivity contribution in [2.75, 3.05) is 0 Å². The molecule has 0 amide bonds. The molecule has 3 rings (SSSR count). The molecule has 2 aromatic carbocycles. The topological polar surface area (TPSA) is 46.2 Å². The summed E-state index contributed by atoms with van der Waals surface area (Å²) in [5, 5.41) is 1.67. The van der Waals surface area contributed by atoms with E-state index in [1.54, 1.807) is 29.6 Å². The average molecular weight is 379 g/mol. The van der Waals surface area contributed by atoms with Crippen molar-refractivity contribution < 1.29 is 17.2 Å². The molecule has 0 spiro atoms. The molecule has 0 aliphatic carbocycles. The fourth-order valence-corrected chi connectivity index (χ4v) is 4.75. The van der Waals surface area contributed by atoms with Crippen molar-refractivity contribution in [3.8, 4) is 0 Å². The van der Waals surface area contributed by atoms with Gasteiger partial charge in [0.05, 0.1) is 6.04 Å². The van der Waals surface area contributed by atoms with Gasteiger partial charge in [-0.1, -0.05) is 30.3 Å². The lowest BCUT2D eigenvalue weighted by atomic mass is 9.99. The molecule has 1 atom stereocenters. The normalized spacial score (nSPS) is 12.9. The molecule has 1 unspecified atom stereocenters. The Morgan fingerprint density at radius 1 is 0.960 bits per heavy atom. The van der Waals surface area contributed by atoms with Gasteiger partial charge in [-0.2, -0.15) is 0 Å². The molecule has 130 valence electrons. The second-order valence-corrected chi connectivity index (χ2v) is 8.38. The Morgan fingerprint density at radius 2 is 1.68 bits per heavy atom. The third-order valence-corrected chi connectivity index (χ3v) is 6.51. The summed E-state index contributed by atoms with van der Waals surface area (Å²) in [4.78, 5) is 0. The van der Waals surface area contributed by atoms with E-state index in [1.165, 1.54) is 36.4 Å². The van der Waals surface area contributed by atoms with E-state index in [2.05, 4.69) is 4.72 Å². The highest BCUT2D eigenvalue weighted by atomic mass is 32.2. The predicted molar refractivity (Wildman–Crippen MR) is 93.9 cm³/mol. The van der Waals surface area contributed by atoms with Gasteiger partial charge >= 0.3 is 0 Å². The number of sulfonamides is 1. The molecule has 3 aromatic rings. The van der Waals surface area contributed by atoms with Gasteiger partial charge in [-0.15, -0.1) is 11.3 Å². The zero-order valence-corrected chi connectivity index (χ0v) is 14.7. The molecule has 0 aliphatic rings. The Balaban J connectivity index is 1.94. The zero-order chi connectivity index (χ0) is 17.9. The van der Waals surface area contributed by atoms with Crippen LogP contribution in [0.5, 0.6) is 0 Å². The van der Waals surface area contributed by atoms with Gasteiger partial charge in [-0.05, 0) is 53.3 Å². The molecule has 1 N–H and O–H groups in total. The van der Waals surface area contributed by atoms with Gasteiger partial charge < -0.3 is 0 Å². The van der Waals surface area contributed by atoms with Crippen molar-refractivity contribution in [1.29, 1.82) is 0 Å². The number of rotatable bonds is 6. The molecule has 0 saturated heterocycles. The maximum atomic E-state index is 13.6. The summed E-state index contributed by atoms with van der Waals surface area (Å²) in [6.07, 6.45) is 0.200. The van der Waals surface area contributed by atoms with Crippen LogP contribution >= 0.6 is 11.3 Å². The minimum absolute atomic E-state index is 0.174. The van der Waals surface area contributed by atoms with E-state index in [9.17, 15) is 17.2 Å². The third kappa shape index (κ3) is 4.50. The molecular formula is C18H15F2NO2S2. The highest BCUT2D eigenvalue weighted by Gasteiger charge is 2.23. The van der Waals surface area contributed by atoms with Gasteiger partial charge in [0.1, 0.15) is 15.8 Å². The van der Waals surface area contributed by atoms with Crippen LogP contribution in [0.15, 0.2) is 70.3 Å². The summed E-state index contributed by atoms with van der Waals surface area (Å²) in [5.74, 6) is -0.867. The number of halogens is 2. The molecule has 3 nitrogen and oxygen atoms in total. The Morgan fingerprint density at radius 3 is 2.32 bits per heavy atom. The van der Waals surface area contributed by atoms with Gasteiger partial charge in [-0.3, -0.25) is 0 Å². The van der Waals surface area contributed by atoms with E-state index in [-0.39, 0.29) is 10.6 Å². The van der Waals surface area contributed by atoms with Crippen molar-refractivity contribution in [2.24, 2.45) is 0 Å². The highest BCUT2D eigenvalue weighted by Crippen LogP contribution is 2.24. The minimum Gasteiger partial charge on any atom is -0.207 e. The number of hydrogen-bond donors (Lipinski definition) is 1. The molecule has 0 aliphatic heterocycles. The second kappa shape index (κ2) is 7.43. The van der Waals surface area contributed by atoms with Crippen molar-refractivity contribution in [2.45, 2.75) is 16.7 Å². The van der Waals surface area contributed by atoms with Crippen LogP contribution in [0.3, 0.4) is 0 Å². The molecule has 7 heteroatoms. The van der Waals surface area contributed by atoms with E-state index in [4.69, 9.17) is 0 Å². The lowest BCUT2D eigenvalue weighted by Crippen LogP contribution is -2.29. The van der Waals surface area contributed by atoms with Gasteiger partial charge in [0.15, 0.2) is 0 Å². The van der Waals surface area contributed by atoms with Crippen molar-refractivity contribution in [3.63, 3.8) is 0 Å². The van der Waals surface area contributed by atoms with Crippen LogP contribution < -0.4 is 4.72 Å². The summed E-state index contributed by atoms with van der Waals surface area (Å²) in [7, 11) is -3.76. The first-order valence-corrected chi connectivity index (χ1v) is 9.86. The molecular weight excluding hydrogens is 364 g/mol. The van der Waals surface area contributed by atoms with Crippen LogP contribution in [0, 0.1) is 11.6 Å². The van der Waals surface area contributed by atoms with Crippen LogP contribution in [0.1, 0.15) is 17.2 Å². The maximum Gasteiger partial charge on any atom is 0.250 e. The quantitative estimate of drug-likeness (QED) is 0.695. The van der Waals surface area contributed by atoms with Gasteiger partial charge in [0.25, 0.3) is 10.0 Å². The Kier molecular flexibility index (Phi) is 5.27. The van der Waals surface area contributed by atoms with E-state index in [1.807, 2.05) is 0 Å². The van der Waals surface area contributed by atoms with Gasteiger partial charge in [-0.25, -0.2) is 21.9 Å². The van der Waals surface area contributed by atoms with Crippen LogP contribution in [0.25, 0.3) is 0 Å². The summed E-state index contributed by atoms with van der Waals surface area (Å²) in [6.45, 7) is 0. The van der Waals surface area contributed by atoms with E-state index in [0.717, 1.165) is 11.3 Å². The van der Waals surface area contributed by atoms with Crippen LogP contribution in [0.2, 0.25) is 0 Å². The molecule has 0 fully saturated rings. The Hall–Kier alpha value is -2.09. The largest absolute Gasteiger partial charge is 0.250 e. The molecule has 0 radical (unpaired) electrons. The summed E-state index contributed by atoms with van der Waals surface area (Å²) in [5.41, 5.74) is 1.09. The second-order valence-electron chi connectivity index (χ2n) is 5.50. The Labute approximate surface area is 149 Å². The molecule has 25 heavy (non-hydrogen) atoms. The molecule has 1 heterocycles. The van der Waals surface area contributed by atoms with E-state index in [0.29, 0.717) is 11.1 Å². The van der Waals surface area contributed by atoms with Crippen molar-refractivity contribution in [3.05, 3.63) is 88.8 Å². The predicted octanol–water partition coefficient (Wildman–Crippen LogP) is 4.29. The number of thiophene rings is 1. The van der Waals surface area contributed by atoms with E-state index < -0.39 is 27.7 Å². The highest BCUT2D eigenvalue weighted by molar-refractivity contribution is 7.91. The van der Waals surface area contributed by atoms with Crippen LogP contribution in [-0.2, 0) is 16.4 Å². The maximum absolute atomic E-state index is 13.6. The first kappa shape index (κ1) is 17.7. The summed E-state index contributed by atoms with van der Waals surface area (Å²) in [6, 6.07) is 14.1. The number of nitrogens with one attached hydrogen (secondary N) is 1. The molecule has 1 aromatic heterocycles. The average Bonchev–Trinajstić information content (AvgIpc) is 3.09. The minimum atomic E-state index is -3.76. The standard InChI is InChI=1S/C18H15F2NO2S2/c19-15-6-1-4-13(10-15)11-17(14-5-2-7-16(20)12-14)21-25(22,23)18-8-3-9-24-18/h1-10,12,17,21H,11H2. The molecule has 0 saturated carbocycles. The number of benzene rings is 2. The fraction of sp³-hybridized carbons (Fsp3) is 0.111. The first-order chi connectivity index (χ1) is 11.9. The zero-order valence-electron chi connectivity index (χ0n) is 13.0. The van der Waals surface area contributed by atoms with Gasteiger partial charge in [0, 0.05) is 0 Å². The smallest absolute Gasteiger partial charge is 0.207 e. The summed E-state index contributed by atoms with van der Waals surface area (Å²) >= 11 is 1.09. The SMILES string of the molecule is O=S(=O)(NC(Cc1cccc(F)c1)c1cccc(F)c1)c1cccs1. The third-order valence-electron chi connectivity index (χ3n) is 3.64. The van der Waals surface area contributed by atoms with Crippen molar-refractivity contribution >= 4 is 21.4 Å². The first-order valence-electron chi connectivity index (χ1n) is 7.50. The lowest BCUT2D eigenvalue weighted by molar-refractivity contribution is 0.552. The van der Waals surface area contributed by atoms with Crippen LogP contribution in [0.4, 0.5) is 8.78 Å². The van der Waals surface area contributed by atoms with Gasteiger partial charge in [0.2, 0.25) is 0 Å². The fourth-order valence-electron chi connectivity index (χ4n) is 2.51. The van der Waals surface area contributed by atoms with E-state index >= 15 is 0 Å². The monoisotopic (exact) mass is 379 g/mol. The van der Waals surface area contributed by atoms with Crippen molar-refractivity contribution in [1.82, 2.24) is 4.72 Å². The van der Waals surface area contributed by atoms with Crippen LogP contribution in [-0.4, -0.2) is 8.42 Å².